The summed E-state index contributed by atoms with van der Waals surface area (Å²) in [4.78, 5) is 1.33. The number of hydrogen-bond donors (Lipinski definition) is 0. The van der Waals surface area contributed by atoms with Gasteiger partial charge >= 0.3 is 181 Å². The van der Waals surface area contributed by atoms with Gasteiger partial charge in [0.05, 0.1) is 0 Å². The van der Waals surface area contributed by atoms with Crippen LogP contribution in [-0.2, 0) is 0 Å². The van der Waals surface area contributed by atoms with Crippen molar-refractivity contribution in [1.82, 2.24) is 0 Å². The second kappa shape index (κ2) is 15.3. The number of rotatable bonds is 7. The van der Waals surface area contributed by atoms with E-state index in [4.69, 9.17) is 0 Å². The molecule has 0 bridgehead atoms. The van der Waals surface area contributed by atoms with Crippen molar-refractivity contribution in [3.8, 4) is 22.3 Å². The average Bonchev–Trinajstić information content (AvgIpc) is 3.14. The van der Waals surface area contributed by atoms with Crippen molar-refractivity contribution in [3.05, 3.63) is 205 Å². The number of hydrogen-bond acceptors (Lipinski definition) is 1. The molecule has 0 unspecified atom stereocenters. The summed E-state index contributed by atoms with van der Waals surface area (Å²) in [5, 5.41) is 0. The zero-order valence-corrected chi connectivity index (χ0v) is 29.7. The standard InChI is InChI=1S/C27H26SSe.C18H14/c1-21-9-15-24(16-10-21)28-29(25-7-5-4-6-8-25,26-17-11-22(2)12-18-26)27-19-13-23(3)14-20-27;1-3-9-15(10-4-1)17-13-7-8-14-18(17)16-11-5-2-6-12-16/h4-20H,1-3H3;1-14H. The van der Waals surface area contributed by atoms with E-state index in [0.29, 0.717) is 0 Å². The van der Waals surface area contributed by atoms with Crippen LogP contribution in [0.25, 0.3) is 22.3 Å². The van der Waals surface area contributed by atoms with E-state index in [2.05, 4.69) is 219 Å². The van der Waals surface area contributed by atoms with Crippen molar-refractivity contribution < 1.29 is 0 Å². The van der Waals surface area contributed by atoms with Gasteiger partial charge in [-0.3, -0.25) is 0 Å². The molecule has 0 heterocycles. The fourth-order valence-electron chi connectivity index (χ4n) is 5.58. The SMILES string of the molecule is Cc1ccc(S[Se](c2ccccc2)(c2ccc(C)cc2)c2ccc(C)cc2)cc1.c1ccc(-c2ccccc2-c2ccccc2)cc1. The second-order valence-corrected chi connectivity index (χ2v) is 21.3. The van der Waals surface area contributed by atoms with E-state index in [9.17, 15) is 0 Å². The summed E-state index contributed by atoms with van der Waals surface area (Å²) in [5.74, 6) is 0. The molecule has 0 spiro atoms. The maximum atomic E-state index is 2.35. The minimum absolute atomic E-state index is 1.26. The predicted octanol–water partition coefficient (Wildman–Crippen LogP) is 10.4. The van der Waals surface area contributed by atoms with Gasteiger partial charge in [0, 0.05) is 0 Å². The largest absolute Gasteiger partial charge is 0.0622 e. The van der Waals surface area contributed by atoms with E-state index in [1.54, 1.807) is 0 Å². The van der Waals surface area contributed by atoms with Crippen molar-refractivity contribution in [2.45, 2.75) is 25.7 Å². The van der Waals surface area contributed by atoms with Gasteiger partial charge in [-0.15, -0.1) is 0 Å². The molecule has 7 aromatic rings. The monoisotopic (exact) mass is 692 g/mol. The van der Waals surface area contributed by atoms with E-state index in [1.807, 2.05) is 0 Å². The second-order valence-electron chi connectivity index (χ2n) is 11.7. The van der Waals surface area contributed by atoms with E-state index in [0.717, 1.165) is 0 Å². The topological polar surface area (TPSA) is 0 Å². The van der Waals surface area contributed by atoms with Crippen LogP contribution in [-0.4, -0.2) is 11.7 Å². The molecule has 2 heteroatoms. The summed E-state index contributed by atoms with van der Waals surface area (Å²) in [7, 11) is 2.07. The van der Waals surface area contributed by atoms with Crippen LogP contribution in [0.5, 0.6) is 0 Å². The van der Waals surface area contributed by atoms with E-state index < -0.39 is 11.7 Å². The summed E-state index contributed by atoms with van der Waals surface area (Å²) < 4.78 is 4.35. The number of aryl methyl sites for hydroxylation is 3. The van der Waals surface area contributed by atoms with Crippen LogP contribution in [0, 0.1) is 20.8 Å². The van der Waals surface area contributed by atoms with Gasteiger partial charge in [-0.25, -0.2) is 0 Å². The minimum atomic E-state index is -2.56. The first-order valence-corrected chi connectivity index (χ1v) is 21.4. The minimum Gasteiger partial charge on any atom is -0.0622 e. The molecule has 0 aliphatic heterocycles. The summed E-state index contributed by atoms with van der Waals surface area (Å²) in [6.45, 7) is 6.48. The van der Waals surface area contributed by atoms with Crippen molar-refractivity contribution in [2.24, 2.45) is 0 Å². The first-order valence-electron chi connectivity index (χ1n) is 16.0. The first-order chi connectivity index (χ1) is 23.0. The van der Waals surface area contributed by atoms with Crippen molar-refractivity contribution in [2.75, 3.05) is 0 Å². The third kappa shape index (κ3) is 7.70. The van der Waals surface area contributed by atoms with Gasteiger partial charge in [-0.05, 0) is 22.3 Å². The molecular weight excluding hydrogens is 652 g/mol. The van der Waals surface area contributed by atoms with Crippen LogP contribution in [0.3, 0.4) is 0 Å². The van der Waals surface area contributed by atoms with Crippen molar-refractivity contribution >= 4 is 35.3 Å². The Labute approximate surface area is 286 Å². The van der Waals surface area contributed by atoms with Crippen LogP contribution in [0.15, 0.2) is 193 Å². The Balaban J connectivity index is 0.000000183. The molecule has 0 saturated heterocycles. The van der Waals surface area contributed by atoms with Gasteiger partial charge in [-0.2, -0.15) is 0 Å². The molecule has 47 heavy (non-hydrogen) atoms. The molecule has 0 atom stereocenters. The predicted molar refractivity (Wildman–Crippen MR) is 208 cm³/mol. The molecule has 0 amide bonds. The Morgan fingerprint density at radius 2 is 0.638 bits per heavy atom. The smallest absolute Gasteiger partial charge is 0.0105 e. The maximum Gasteiger partial charge on any atom is -0.0105 e. The van der Waals surface area contributed by atoms with E-state index in [1.165, 1.54) is 57.2 Å². The van der Waals surface area contributed by atoms with Crippen molar-refractivity contribution in [1.29, 1.82) is 0 Å². The fourth-order valence-corrected chi connectivity index (χ4v) is 17.5. The molecule has 0 aromatic heterocycles. The van der Waals surface area contributed by atoms with Gasteiger partial charge < -0.3 is 0 Å². The normalized spacial score (nSPS) is 11.3. The summed E-state index contributed by atoms with van der Waals surface area (Å²) in [6.07, 6.45) is 0. The first kappa shape index (κ1) is 32.4. The van der Waals surface area contributed by atoms with Gasteiger partial charge in [-0.1, -0.05) is 84.9 Å². The van der Waals surface area contributed by atoms with Gasteiger partial charge in [0.2, 0.25) is 0 Å². The third-order valence-electron chi connectivity index (χ3n) is 8.12. The zero-order valence-electron chi connectivity index (χ0n) is 27.2. The van der Waals surface area contributed by atoms with Crippen LogP contribution < -0.4 is 13.4 Å². The molecule has 7 rings (SSSR count). The average molecular weight is 692 g/mol. The van der Waals surface area contributed by atoms with Gasteiger partial charge in [0.1, 0.15) is 0 Å². The molecule has 0 aliphatic carbocycles. The Kier molecular flexibility index (Phi) is 10.6. The molecule has 0 fully saturated rings. The van der Waals surface area contributed by atoms with Crippen LogP contribution in [0.4, 0.5) is 0 Å². The zero-order chi connectivity index (χ0) is 32.5. The van der Waals surface area contributed by atoms with Crippen LogP contribution >= 0.6 is 10.2 Å². The molecule has 0 radical (unpaired) electrons. The van der Waals surface area contributed by atoms with Crippen molar-refractivity contribution in [3.63, 3.8) is 0 Å². The molecule has 0 nitrogen and oxygen atoms in total. The third-order valence-corrected chi connectivity index (χ3v) is 20.5. The summed E-state index contributed by atoms with van der Waals surface area (Å²) in [6, 6.07) is 68.1. The summed E-state index contributed by atoms with van der Waals surface area (Å²) in [5.41, 5.74) is 8.99. The van der Waals surface area contributed by atoms with Crippen LogP contribution in [0.1, 0.15) is 16.7 Å². The maximum absolute atomic E-state index is 2.56. The Hall–Kier alpha value is -4.59. The van der Waals surface area contributed by atoms with E-state index >= 15 is 0 Å². The molecule has 232 valence electrons. The molecule has 0 aliphatic rings. The molecule has 0 saturated carbocycles. The van der Waals surface area contributed by atoms with Crippen LogP contribution in [0.2, 0.25) is 0 Å². The van der Waals surface area contributed by atoms with E-state index in [-0.39, 0.29) is 0 Å². The van der Waals surface area contributed by atoms with Gasteiger partial charge in [0.15, 0.2) is 0 Å². The Bertz CT molecular complexity index is 1880. The number of benzene rings is 7. The Morgan fingerprint density at radius 3 is 1.04 bits per heavy atom. The van der Waals surface area contributed by atoms with Gasteiger partial charge in [0.25, 0.3) is 0 Å². The Morgan fingerprint density at radius 1 is 0.319 bits per heavy atom. The molecular formula is C45H40SSe. The quantitative estimate of drug-likeness (QED) is 0.150. The fraction of sp³-hybridized carbons (Fsp3) is 0.0667. The summed E-state index contributed by atoms with van der Waals surface area (Å²) >= 11 is -2.56. The molecule has 0 N–H and O–H groups in total. The molecule has 7 aromatic carbocycles.